The summed E-state index contributed by atoms with van der Waals surface area (Å²) in [5.74, 6) is -0.283. The highest BCUT2D eigenvalue weighted by molar-refractivity contribution is 5.77. The van der Waals surface area contributed by atoms with Crippen molar-refractivity contribution < 1.29 is 9.90 Å². The number of aliphatic hydroxyl groups excluding tert-OH is 1. The minimum Gasteiger partial charge on any atom is -0.387 e. The normalized spacial score (nSPS) is 23.8. The molecule has 3 heteroatoms. The predicted octanol–water partition coefficient (Wildman–Crippen LogP) is 0.594. The van der Waals surface area contributed by atoms with E-state index >= 15 is 0 Å². The van der Waals surface area contributed by atoms with Gasteiger partial charge in [0.15, 0.2) is 0 Å². The zero-order valence-corrected chi connectivity index (χ0v) is 7.18. The molecule has 0 radical (unpaired) electrons. The third-order valence-corrected chi connectivity index (χ3v) is 2.13. The Kier molecular flexibility index (Phi) is 3.29. The monoisotopic (exact) mass is 169 g/mol. The lowest BCUT2D eigenvalue weighted by molar-refractivity contribution is -0.124. The molecule has 12 heavy (non-hydrogen) atoms. The van der Waals surface area contributed by atoms with Crippen LogP contribution in [0.1, 0.15) is 25.7 Å². The standard InChI is InChI=1S/C9H15NO2/c1-7-3-2-4-8(5-7)10-9(12)6-11/h8,11H,1-6H2,(H,10,12). The lowest BCUT2D eigenvalue weighted by Gasteiger charge is -2.24. The lowest BCUT2D eigenvalue weighted by atomic mass is 9.92. The minimum absolute atomic E-state index is 0.200. The van der Waals surface area contributed by atoms with Crippen LogP contribution in [0, 0.1) is 0 Å². The molecule has 1 aliphatic rings. The van der Waals surface area contributed by atoms with Gasteiger partial charge in [0.25, 0.3) is 0 Å². The van der Waals surface area contributed by atoms with Crippen LogP contribution in [0.2, 0.25) is 0 Å². The molecule has 3 nitrogen and oxygen atoms in total. The number of carbonyl (C=O) groups excluding carboxylic acids is 1. The van der Waals surface area contributed by atoms with E-state index in [1.807, 2.05) is 0 Å². The highest BCUT2D eigenvalue weighted by atomic mass is 16.3. The Hall–Kier alpha value is -0.830. The molecule has 0 spiro atoms. The molecular weight excluding hydrogens is 154 g/mol. The molecule has 0 aromatic rings. The first-order chi connectivity index (χ1) is 5.72. The molecule has 68 valence electrons. The average molecular weight is 169 g/mol. The molecule has 1 unspecified atom stereocenters. The van der Waals surface area contributed by atoms with Crippen molar-refractivity contribution in [2.24, 2.45) is 0 Å². The zero-order chi connectivity index (χ0) is 8.97. The fraction of sp³-hybridized carbons (Fsp3) is 0.667. The fourth-order valence-corrected chi connectivity index (χ4v) is 1.55. The number of nitrogens with one attached hydrogen (secondary N) is 1. The summed E-state index contributed by atoms with van der Waals surface area (Å²) in [7, 11) is 0. The molecule has 0 aromatic carbocycles. The molecule has 1 saturated carbocycles. The second-order valence-electron chi connectivity index (χ2n) is 3.27. The van der Waals surface area contributed by atoms with Crippen molar-refractivity contribution in [3.8, 4) is 0 Å². The molecule has 0 bridgehead atoms. The van der Waals surface area contributed by atoms with Crippen LogP contribution in [0.5, 0.6) is 0 Å². The Balaban J connectivity index is 2.32. The minimum atomic E-state index is -0.414. The van der Waals surface area contributed by atoms with E-state index in [-0.39, 0.29) is 11.9 Å². The molecule has 0 aromatic heterocycles. The molecule has 1 atom stereocenters. The van der Waals surface area contributed by atoms with E-state index in [1.54, 1.807) is 0 Å². The molecule has 1 aliphatic carbocycles. The van der Waals surface area contributed by atoms with Gasteiger partial charge in [-0.3, -0.25) is 4.79 Å². The van der Waals surface area contributed by atoms with Gasteiger partial charge in [0.05, 0.1) is 0 Å². The topological polar surface area (TPSA) is 49.3 Å². The van der Waals surface area contributed by atoms with E-state index in [0.29, 0.717) is 0 Å². The van der Waals surface area contributed by atoms with Gasteiger partial charge in [0.1, 0.15) is 6.61 Å². The molecule has 1 amide bonds. The molecular formula is C9H15NO2. The second-order valence-corrected chi connectivity index (χ2v) is 3.27. The molecule has 0 saturated heterocycles. The average Bonchev–Trinajstić information content (AvgIpc) is 2.04. The van der Waals surface area contributed by atoms with E-state index in [4.69, 9.17) is 5.11 Å². The summed E-state index contributed by atoms with van der Waals surface area (Å²) in [4.78, 5) is 10.8. The van der Waals surface area contributed by atoms with Crippen molar-refractivity contribution in [3.05, 3.63) is 12.2 Å². The quantitative estimate of drug-likeness (QED) is 0.594. The van der Waals surface area contributed by atoms with Crippen LogP contribution < -0.4 is 5.32 Å². The van der Waals surface area contributed by atoms with Crippen molar-refractivity contribution in [1.29, 1.82) is 0 Å². The number of amides is 1. The maximum atomic E-state index is 10.8. The van der Waals surface area contributed by atoms with Gasteiger partial charge in [-0.1, -0.05) is 12.2 Å². The summed E-state index contributed by atoms with van der Waals surface area (Å²) in [5.41, 5.74) is 1.20. The maximum absolute atomic E-state index is 10.8. The molecule has 1 rings (SSSR count). The maximum Gasteiger partial charge on any atom is 0.245 e. The van der Waals surface area contributed by atoms with E-state index in [0.717, 1.165) is 25.7 Å². The van der Waals surface area contributed by atoms with Crippen LogP contribution in [0.25, 0.3) is 0 Å². The van der Waals surface area contributed by atoms with Gasteiger partial charge in [0, 0.05) is 6.04 Å². The Labute approximate surface area is 72.5 Å². The van der Waals surface area contributed by atoms with Gasteiger partial charge in [-0.15, -0.1) is 0 Å². The Morgan fingerprint density at radius 3 is 3.08 bits per heavy atom. The van der Waals surface area contributed by atoms with Crippen molar-refractivity contribution in [1.82, 2.24) is 5.32 Å². The molecule has 0 aliphatic heterocycles. The third kappa shape index (κ3) is 2.66. The molecule has 2 N–H and O–H groups in total. The van der Waals surface area contributed by atoms with Crippen molar-refractivity contribution in [2.45, 2.75) is 31.7 Å². The Morgan fingerprint density at radius 2 is 2.50 bits per heavy atom. The second kappa shape index (κ2) is 4.26. The number of carbonyl (C=O) groups is 1. The molecule has 1 fully saturated rings. The van der Waals surface area contributed by atoms with Gasteiger partial charge >= 0.3 is 0 Å². The fourth-order valence-electron chi connectivity index (χ4n) is 1.55. The van der Waals surface area contributed by atoms with Gasteiger partial charge in [-0.05, 0) is 25.7 Å². The highest BCUT2D eigenvalue weighted by Gasteiger charge is 2.16. The number of hydrogen-bond acceptors (Lipinski definition) is 2. The van der Waals surface area contributed by atoms with E-state index in [9.17, 15) is 4.79 Å². The van der Waals surface area contributed by atoms with Crippen LogP contribution in [-0.4, -0.2) is 23.7 Å². The number of rotatable bonds is 2. The van der Waals surface area contributed by atoms with Crippen LogP contribution in [0.15, 0.2) is 12.2 Å². The predicted molar refractivity (Wildman–Crippen MR) is 46.6 cm³/mol. The smallest absolute Gasteiger partial charge is 0.245 e. The van der Waals surface area contributed by atoms with E-state index in [2.05, 4.69) is 11.9 Å². The number of aliphatic hydroxyl groups is 1. The van der Waals surface area contributed by atoms with Gasteiger partial charge in [-0.25, -0.2) is 0 Å². The number of hydrogen-bond donors (Lipinski definition) is 2. The van der Waals surface area contributed by atoms with Crippen LogP contribution in [0.4, 0.5) is 0 Å². The van der Waals surface area contributed by atoms with Gasteiger partial charge < -0.3 is 10.4 Å². The van der Waals surface area contributed by atoms with E-state index in [1.165, 1.54) is 5.57 Å². The molecule has 0 heterocycles. The lowest BCUT2D eigenvalue weighted by Crippen LogP contribution is -2.38. The van der Waals surface area contributed by atoms with Crippen LogP contribution >= 0.6 is 0 Å². The summed E-state index contributed by atoms with van der Waals surface area (Å²) in [6.45, 7) is 3.47. The van der Waals surface area contributed by atoms with Crippen LogP contribution in [-0.2, 0) is 4.79 Å². The zero-order valence-electron chi connectivity index (χ0n) is 7.18. The van der Waals surface area contributed by atoms with Crippen molar-refractivity contribution >= 4 is 5.91 Å². The SMILES string of the molecule is C=C1CCCC(NC(=O)CO)C1. The Bertz CT molecular complexity index is 189. The van der Waals surface area contributed by atoms with Crippen molar-refractivity contribution in [2.75, 3.05) is 6.61 Å². The van der Waals surface area contributed by atoms with Crippen LogP contribution in [0.3, 0.4) is 0 Å². The summed E-state index contributed by atoms with van der Waals surface area (Å²) < 4.78 is 0. The highest BCUT2D eigenvalue weighted by Crippen LogP contribution is 2.21. The first-order valence-electron chi connectivity index (χ1n) is 4.29. The summed E-state index contributed by atoms with van der Waals surface area (Å²) in [6, 6.07) is 0.200. The third-order valence-electron chi connectivity index (χ3n) is 2.13. The van der Waals surface area contributed by atoms with Gasteiger partial charge in [0.2, 0.25) is 5.91 Å². The first-order valence-corrected chi connectivity index (χ1v) is 4.29. The summed E-state index contributed by atoms with van der Waals surface area (Å²) in [5, 5.41) is 11.2. The van der Waals surface area contributed by atoms with Crippen molar-refractivity contribution in [3.63, 3.8) is 0 Å². The first kappa shape index (κ1) is 9.26. The van der Waals surface area contributed by atoms with Gasteiger partial charge in [-0.2, -0.15) is 0 Å². The summed E-state index contributed by atoms with van der Waals surface area (Å²) >= 11 is 0. The summed E-state index contributed by atoms with van der Waals surface area (Å²) in [6.07, 6.45) is 4.04. The Morgan fingerprint density at radius 1 is 1.75 bits per heavy atom. The van der Waals surface area contributed by atoms with E-state index < -0.39 is 6.61 Å². The largest absolute Gasteiger partial charge is 0.387 e.